The van der Waals surface area contributed by atoms with Crippen molar-refractivity contribution in [3.8, 4) is 0 Å². The summed E-state index contributed by atoms with van der Waals surface area (Å²) in [5, 5.41) is 8.56. The zero-order valence-electron chi connectivity index (χ0n) is 12.1. The standard InChI is InChI=1S/C13H19N3O4S/c1-10(16(2)3)7-15-21(19,20)12-6-11(8-14-9-12)4-5-13(17)18/h4-6,8-10,15H,7H2,1-3H3,(H,17,18). The maximum atomic E-state index is 12.1. The molecule has 0 radical (unpaired) electrons. The average Bonchev–Trinajstić information content (AvgIpc) is 2.42. The summed E-state index contributed by atoms with van der Waals surface area (Å²) in [5.74, 6) is -1.11. The Hall–Kier alpha value is -1.77. The molecule has 7 nitrogen and oxygen atoms in total. The van der Waals surface area contributed by atoms with Crippen molar-refractivity contribution in [2.75, 3.05) is 20.6 Å². The van der Waals surface area contributed by atoms with Gasteiger partial charge >= 0.3 is 5.97 Å². The van der Waals surface area contributed by atoms with Gasteiger partial charge in [-0.05, 0) is 38.7 Å². The first-order valence-corrected chi connectivity index (χ1v) is 7.73. The summed E-state index contributed by atoms with van der Waals surface area (Å²) in [6.07, 6.45) is 4.83. The van der Waals surface area contributed by atoms with Gasteiger partial charge < -0.3 is 10.0 Å². The number of pyridine rings is 1. The number of likely N-dealkylation sites (N-methyl/N-ethyl adjacent to an activating group) is 1. The van der Waals surface area contributed by atoms with Gasteiger partial charge in [0.1, 0.15) is 4.90 Å². The second kappa shape index (κ2) is 7.30. The van der Waals surface area contributed by atoms with Crippen LogP contribution in [0.5, 0.6) is 0 Å². The Bertz CT molecular complexity index is 626. The number of nitrogens with zero attached hydrogens (tertiary/aromatic N) is 2. The molecule has 0 fully saturated rings. The number of sulfonamides is 1. The molecule has 21 heavy (non-hydrogen) atoms. The molecule has 0 aliphatic carbocycles. The minimum Gasteiger partial charge on any atom is -0.478 e. The summed E-state index contributed by atoms with van der Waals surface area (Å²) < 4.78 is 26.8. The Morgan fingerprint density at radius 2 is 2.14 bits per heavy atom. The molecule has 0 aromatic carbocycles. The number of hydrogen-bond acceptors (Lipinski definition) is 5. The van der Waals surface area contributed by atoms with Crippen LogP contribution in [0.1, 0.15) is 12.5 Å². The van der Waals surface area contributed by atoms with Crippen LogP contribution >= 0.6 is 0 Å². The van der Waals surface area contributed by atoms with E-state index in [1.54, 1.807) is 0 Å². The Morgan fingerprint density at radius 1 is 1.48 bits per heavy atom. The van der Waals surface area contributed by atoms with Crippen LogP contribution in [-0.2, 0) is 14.8 Å². The van der Waals surface area contributed by atoms with Crippen molar-refractivity contribution < 1.29 is 18.3 Å². The first-order valence-electron chi connectivity index (χ1n) is 6.24. The van der Waals surface area contributed by atoms with E-state index in [2.05, 4.69) is 9.71 Å². The Labute approximate surface area is 124 Å². The lowest BCUT2D eigenvalue weighted by molar-refractivity contribution is -0.131. The number of nitrogens with one attached hydrogen (secondary N) is 1. The monoisotopic (exact) mass is 313 g/mol. The summed E-state index contributed by atoms with van der Waals surface area (Å²) >= 11 is 0. The topological polar surface area (TPSA) is 99.6 Å². The number of carboxylic acids is 1. The quantitative estimate of drug-likeness (QED) is 0.707. The zero-order valence-corrected chi connectivity index (χ0v) is 13.0. The van der Waals surface area contributed by atoms with Crippen LogP contribution in [0.15, 0.2) is 29.4 Å². The molecule has 0 saturated heterocycles. The van der Waals surface area contributed by atoms with Crippen LogP contribution < -0.4 is 4.72 Å². The van der Waals surface area contributed by atoms with Crippen molar-refractivity contribution in [1.82, 2.24) is 14.6 Å². The molecule has 116 valence electrons. The second-order valence-corrected chi connectivity index (χ2v) is 6.56. The van der Waals surface area contributed by atoms with Crippen molar-refractivity contribution in [2.24, 2.45) is 0 Å². The maximum Gasteiger partial charge on any atom is 0.328 e. The molecule has 0 aliphatic rings. The molecule has 0 aliphatic heterocycles. The highest BCUT2D eigenvalue weighted by molar-refractivity contribution is 7.89. The second-order valence-electron chi connectivity index (χ2n) is 4.79. The third-order valence-electron chi connectivity index (χ3n) is 2.91. The fraction of sp³-hybridized carbons (Fsp3) is 0.385. The normalized spacial score (nSPS) is 13.7. The van der Waals surface area contributed by atoms with Crippen LogP contribution in [0.3, 0.4) is 0 Å². The van der Waals surface area contributed by atoms with Crippen LogP contribution in [-0.4, -0.2) is 56.1 Å². The van der Waals surface area contributed by atoms with E-state index in [9.17, 15) is 13.2 Å². The molecule has 1 aromatic rings. The molecule has 0 saturated carbocycles. The minimum absolute atomic E-state index is 0.000921. The van der Waals surface area contributed by atoms with E-state index < -0.39 is 16.0 Å². The largest absolute Gasteiger partial charge is 0.478 e. The third-order valence-corrected chi connectivity index (χ3v) is 4.30. The highest BCUT2D eigenvalue weighted by atomic mass is 32.2. The number of aliphatic carboxylic acids is 1. The average molecular weight is 313 g/mol. The van der Waals surface area contributed by atoms with E-state index in [0.717, 1.165) is 6.08 Å². The van der Waals surface area contributed by atoms with E-state index in [1.807, 2.05) is 25.9 Å². The lowest BCUT2D eigenvalue weighted by Gasteiger charge is -2.19. The summed E-state index contributed by atoms with van der Waals surface area (Å²) in [6, 6.07) is 1.41. The fourth-order valence-electron chi connectivity index (χ4n) is 1.34. The fourth-order valence-corrected chi connectivity index (χ4v) is 2.46. The Balaban J connectivity index is 2.88. The molecule has 2 N–H and O–H groups in total. The predicted molar refractivity (Wildman–Crippen MR) is 79.2 cm³/mol. The van der Waals surface area contributed by atoms with Gasteiger partial charge in [0.05, 0.1) is 0 Å². The molecular formula is C13H19N3O4S. The molecule has 1 aromatic heterocycles. The maximum absolute atomic E-state index is 12.1. The van der Waals surface area contributed by atoms with E-state index in [4.69, 9.17) is 5.11 Å². The van der Waals surface area contributed by atoms with E-state index in [1.165, 1.54) is 24.5 Å². The van der Waals surface area contributed by atoms with Gasteiger partial charge in [0.15, 0.2) is 0 Å². The highest BCUT2D eigenvalue weighted by Crippen LogP contribution is 2.11. The first-order chi connectivity index (χ1) is 9.72. The molecule has 0 amide bonds. The lowest BCUT2D eigenvalue weighted by atomic mass is 10.2. The molecule has 0 bridgehead atoms. The SMILES string of the molecule is CC(CNS(=O)(=O)c1cncc(C=CC(=O)O)c1)N(C)C. The van der Waals surface area contributed by atoms with Crippen molar-refractivity contribution >= 4 is 22.1 Å². The summed E-state index contributed by atoms with van der Waals surface area (Å²) in [7, 11) is 0.0475. The third kappa shape index (κ3) is 5.62. The predicted octanol–water partition coefficient (Wildman–Crippen LogP) is 0.408. The summed E-state index contributed by atoms with van der Waals surface area (Å²) in [5.41, 5.74) is 0.404. The van der Waals surface area contributed by atoms with Gasteiger partial charge in [-0.2, -0.15) is 0 Å². The molecule has 1 rings (SSSR count). The van der Waals surface area contributed by atoms with E-state index in [-0.39, 0.29) is 17.5 Å². The van der Waals surface area contributed by atoms with Gasteiger partial charge in [0.2, 0.25) is 10.0 Å². The van der Waals surface area contributed by atoms with Gasteiger partial charge in [-0.1, -0.05) is 0 Å². The van der Waals surface area contributed by atoms with Crippen LogP contribution in [0.2, 0.25) is 0 Å². The van der Waals surface area contributed by atoms with Gasteiger partial charge in [-0.3, -0.25) is 4.98 Å². The Morgan fingerprint density at radius 3 is 2.71 bits per heavy atom. The van der Waals surface area contributed by atoms with Gasteiger partial charge in [0, 0.05) is 31.1 Å². The summed E-state index contributed by atoms with van der Waals surface area (Å²) in [4.78, 5) is 16.2. The number of carbonyl (C=O) groups is 1. The lowest BCUT2D eigenvalue weighted by Crippen LogP contribution is -2.38. The number of carboxylic acid groups (broad SMARTS) is 1. The van der Waals surface area contributed by atoms with E-state index in [0.29, 0.717) is 5.56 Å². The van der Waals surface area contributed by atoms with E-state index >= 15 is 0 Å². The smallest absolute Gasteiger partial charge is 0.328 e. The highest BCUT2D eigenvalue weighted by Gasteiger charge is 2.16. The van der Waals surface area contributed by atoms with Gasteiger partial charge in [0.25, 0.3) is 0 Å². The van der Waals surface area contributed by atoms with Crippen molar-refractivity contribution in [3.63, 3.8) is 0 Å². The number of aromatic nitrogens is 1. The molecular weight excluding hydrogens is 294 g/mol. The molecule has 1 unspecified atom stereocenters. The van der Waals surface area contributed by atoms with Crippen molar-refractivity contribution in [3.05, 3.63) is 30.1 Å². The molecule has 8 heteroatoms. The molecule has 1 heterocycles. The minimum atomic E-state index is -3.67. The first kappa shape index (κ1) is 17.3. The van der Waals surface area contributed by atoms with Gasteiger partial charge in [-0.25, -0.2) is 17.9 Å². The molecule has 1 atom stereocenters. The van der Waals surface area contributed by atoms with Crippen molar-refractivity contribution in [1.29, 1.82) is 0 Å². The number of hydrogen-bond donors (Lipinski definition) is 2. The summed E-state index contributed by atoms with van der Waals surface area (Å²) in [6.45, 7) is 2.16. The van der Waals surface area contributed by atoms with Crippen LogP contribution in [0.25, 0.3) is 6.08 Å². The van der Waals surface area contributed by atoms with Crippen LogP contribution in [0, 0.1) is 0 Å². The van der Waals surface area contributed by atoms with Crippen LogP contribution in [0.4, 0.5) is 0 Å². The number of rotatable bonds is 7. The molecule has 0 spiro atoms. The Kier molecular flexibility index (Phi) is 6.01. The van der Waals surface area contributed by atoms with Crippen molar-refractivity contribution in [2.45, 2.75) is 17.9 Å². The zero-order chi connectivity index (χ0) is 16.0. The van der Waals surface area contributed by atoms with Gasteiger partial charge in [-0.15, -0.1) is 0 Å².